The monoisotopic (exact) mass is 527 g/mol. The van der Waals surface area contributed by atoms with E-state index in [2.05, 4.69) is 26.6 Å². The standard InChI is InChI=1S/C24H19BrClN3O2S/c1-24-20(22(30)27-16-11-9-15(26)10-12-16)21(18-7-2-3-8-19(18)31-24)28-23(32)29(24)17-6-4-5-14(25)13-17/h2-13,20-21H,1H3,(H,27,30)(H,28,32). The summed E-state index contributed by atoms with van der Waals surface area (Å²) >= 11 is 15.3. The van der Waals surface area contributed by atoms with E-state index in [0.717, 1.165) is 21.5 Å². The Morgan fingerprint density at radius 1 is 1.16 bits per heavy atom. The number of anilines is 2. The molecule has 5 rings (SSSR count). The van der Waals surface area contributed by atoms with Gasteiger partial charge in [-0.25, -0.2) is 0 Å². The van der Waals surface area contributed by atoms with Crippen molar-refractivity contribution in [2.24, 2.45) is 5.92 Å². The van der Waals surface area contributed by atoms with Gasteiger partial charge < -0.3 is 15.4 Å². The molecule has 32 heavy (non-hydrogen) atoms. The third kappa shape index (κ3) is 3.54. The van der Waals surface area contributed by atoms with Crippen LogP contribution in [0.2, 0.25) is 5.02 Å². The van der Waals surface area contributed by atoms with Gasteiger partial charge >= 0.3 is 0 Å². The predicted molar refractivity (Wildman–Crippen MR) is 134 cm³/mol. The fraction of sp³-hybridized carbons (Fsp3) is 0.167. The zero-order valence-corrected chi connectivity index (χ0v) is 20.2. The number of rotatable bonds is 3. The Labute approximate surface area is 204 Å². The van der Waals surface area contributed by atoms with Gasteiger partial charge in [0.15, 0.2) is 10.8 Å². The van der Waals surface area contributed by atoms with E-state index in [1.807, 2.05) is 60.4 Å². The number of para-hydroxylation sites is 1. The van der Waals surface area contributed by atoms with Crippen molar-refractivity contribution in [3.8, 4) is 5.75 Å². The first-order chi connectivity index (χ1) is 15.4. The summed E-state index contributed by atoms with van der Waals surface area (Å²) in [6.07, 6.45) is 0. The molecule has 2 N–H and O–H groups in total. The van der Waals surface area contributed by atoms with Gasteiger partial charge in [0.25, 0.3) is 0 Å². The number of amides is 1. The second-order valence-corrected chi connectivity index (χ2v) is 9.65. The van der Waals surface area contributed by atoms with Crippen LogP contribution >= 0.6 is 39.7 Å². The lowest BCUT2D eigenvalue weighted by Gasteiger charge is -2.56. The van der Waals surface area contributed by atoms with Crippen LogP contribution < -0.4 is 20.3 Å². The van der Waals surface area contributed by atoms with Crippen molar-refractivity contribution in [2.75, 3.05) is 10.2 Å². The van der Waals surface area contributed by atoms with Crippen molar-refractivity contribution in [1.29, 1.82) is 0 Å². The van der Waals surface area contributed by atoms with Crippen molar-refractivity contribution in [1.82, 2.24) is 5.32 Å². The van der Waals surface area contributed by atoms with Crippen molar-refractivity contribution in [3.05, 3.63) is 87.9 Å². The average molecular weight is 529 g/mol. The lowest BCUT2D eigenvalue weighted by atomic mass is 9.78. The first-order valence-corrected chi connectivity index (χ1v) is 11.7. The van der Waals surface area contributed by atoms with Gasteiger partial charge in [0.05, 0.1) is 6.04 Å². The SMILES string of the molecule is CC12Oc3ccccc3C(NC(=S)N1c1cccc(Br)c1)C2C(=O)Nc1ccc(Cl)cc1. The van der Waals surface area contributed by atoms with E-state index < -0.39 is 11.6 Å². The van der Waals surface area contributed by atoms with Crippen LogP contribution in [-0.2, 0) is 4.79 Å². The minimum absolute atomic E-state index is 0.177. The number of carbonyl (C=O) groups is 1. The molecule has 162 valence electrons. The number of nitrogens with one attached hydrogen (secondary N) is 2. The van der Waals surface area contributed by atoms with Crippen LogP contribution in [-0.4, -0.2) is 16.7 Å². The highest BCUT2D eigenvalue weighted by molar-refractivity contribution is 9.10. The molecule has 0 radical (unpaired) electrons. The van der Waals surface area contributed by atoms with E-state index in [1.54, 1.807) is 24.3 Å². The molecule has 3 atom stereocenters. The Morgan fingerprint density at radius 2 is 1.91 bits per heavy atom. The zero-order chi connectivity index (χ0) is 22.5. The van der Waals surface area contributed by atoms with Gasteiger partial charge in [0, 0.05) is 26.4 Å². The summed E-state index contributed by atoms with van der Waals surface area (Å²) in [6.45, 7) is 1.91. The van der Waals surface area contributed by atoms with E-state index in [1.165, 1.54) is 0 Å². The summed E-state index contributed by atoms with van der Waals surface area (Å²) in [6, 6.07) is 22.2. The molecule has 0 saturated carbocycles. The van der Waals surface area contributed by atoms with Gasteiger partial charge in [-0.1, -0.05) is 51.8 Å². The van der Waals surface area contributed by atoms with E-state index in [-0.39, 0.29) is 11.9 Å². The average Bonchev–Trinajstić information content (AvgIpc) is 2.74. The second kappa shape index (κ2) is 8.06. The Kier molecular flexibility index (Phi) is 5.35. The smallest absolute Gasteiger partial charge is 0.236 e. The first kappa shape index (κ1) is 21.2. The number of hydrogen-bond acceptors (Lipinski definition) is 3. The van der Waals surface area contributed by atoms with E-state index >= 15 is 0 Å². The number of benzene rings is 3. The van der Waals surface area contributed by atoms with Crippen LogP contribution in [0.5, 0.6) is 5.75 Å². The topological polar surface area (TPSA) is 53.6 Å². The predicted octanol–water partition coefficient (Wildman–Crippen LogP) is 5.90. The third-order valence-electron chi connectivity index (χ3n) is 5.87. The molecular formula is C24H19BrClN3O2S. The second-order valence-electron chi connectivity index (χ2n) is 7.91. The molecule has 8 heteroatoms. The van der Waals surface area contributed by atoms with Crippen LogP contribution in [0.15, 0.2) is 77.3 Å². The fourth-order valence-corrected chi connectivity index (χ4v) is 5.41. The Morgan fingerprint density at radius 3 is 2.66 bits per heavy atom. The number of fused-ring (bicyclic) bond motifs is 4. The summed E-state index contributed by atoms with van der Waals surface area (Å²) in [5.41, 5.74) is 1.33. The van der Waals surface area contributed by atoms with Gasteiger partial charge in [-0.2, -0.15) is 0 Å². The van der Waals surface area contributed by atoms with Crippen LogP contribution in [0.4, 0.5) is 11.4 Å². The number of carbonyl (C=O) groups excluding carboxylic acids is 1. The van der Waals surface area contributed by atoms with Crippen LogP contribution in [0.25, 0.3) is 0 Å². The quantitative estimate of drug-likeness (QED) is 0.415. The maximum absolute atomic E-state index is 13.7. The molecule has 2 heterocycles. The normalized spacial score (nSPS) is 23.6. The summed E-state index contributed by atoms with van der Waals surface area (Å²) in [4.78, 5) is 15.6. The van der Waals surface area contributed by atoms with E-state index in [0.29, 0.717) is 15.8 Å². The molecule has 3 unspecified atom stereocenters. The molecule has 5 nitrogen and oxygen atoms in total. The van der Waals surface area contributed by atoms with Crippen molar-refractivity contribution in [2.45, 2.75) is 18.7 Å². The number of nitrogens with zero attached hydrogens (tertiary/aromatic N) is 1. The zero-order valence-electron chi connectivity index (χ0n) is 17.0. The molecule has 1 saturated heterocycles. The molecule has 2 bridgehead atoms. The van der Waals surface area contributed by atoms with E-state index in [4.69, 9.17) is 28.6 Å². The number of thiocarbonyl (C=S) groups is 1. The van der Waals surface area contributed by atoms with Gasteiger partial charge in [-0.05, 0) is 67.7 Å². The summed E-state index contributed by atoms with van der Waals surface area (Å²) in [5.74, 6) is -0.0476. The van der Waals surface area contributed by atoms with Crippen molar-refractivity contribution in [3.63, 3.8) is 0 Å². The molecule has 3 aromatic carbocycles. The maximum atomic E-state index is 13.7. The Bertz CT molecular complexity index is 1220. The van der Waals surface area contributed by atoms with Gasteiger partial charge in [-0.15, -0.1) is 0 Å². The van der Waals surface area contributed by atoms with E-state index in [9.17, 15) is 4.79 Å². The summed E-state index contributed by atoms with van der Waals surface area (Å²) in [5, 5.41) is 7.53. The largest absolute Gasteiger partial charge is 0.467 e. The molecule has 1 fully saturated rings. The summed E-state index contributed by atoms with van der Waals surface area (Å²) < 4.78 is 7.46. The lowest BCUT2D eigenvalue weighted by molar-refractivity contribution is -0.130. The summed E-state index contributed by atoms with van der Waals surface area (Å²) in [7, 11) is 0. The molecule has 0 aromatic heterocycles. The highest BCUT2D eigenvalue weighted by atomic mass is 79.9. The first-order valence-electron chi connectivity index (χ1n) is 10.1. The molecule has 0 aliphatic carbocycles. The third-order valence-corrected chi connectivity index (χ3v) is 6.91. The number of halogens is 2. The highest BCUT2D eigenvalue weighted by Crippen LogP contribution is 2.49. The fourth-order valence-electron chi connectivity index (χ4n) is 4.49. The molecule has 1 amide bonds. The van der Waals surface area contributed by atoms with Gasteiger partial charge in [0.1, 0.15) is 11.7 Å². The minimum Gasteiger partial charge on any atom is -0.467 e. The highest BCUT2D eigenvalue weighted by Gasteiger charge is 2.59. The van der Waals surface area contributed by atoms with Gasteiger partial charge in [-0.3, -0.25) is 9.69 Å². The van der Waals surface area contributed by atoms with Crippen LogP contribution in [0.1, 0.15) is 18.5 Å². The molecular weight excluding hydrogens is 510 g/mol. The lowest BCUT2D eigenvalue weighted by Crippen LogP contribution is -2.72. The molecule has 3 aromatic rings. The van der Waals surface area contributed by atoms with Gasteiger partial charge in [0.2, 0.25) is 5.91 Å². The minimum atomic E-state index is -1.06. The number of ether oxygens (including phenoxy) is 1. The Hall–Kier alpha value is -2.61. The van der Waals surface area contributed by atoms with Crippen molar-refractivity contribution < 1.29 is 9.53 Å². The molecule has 0 spiro atoms. The van der Waals surface area contributed by atoms with Crippen LogP contribution in [0.3, 0.4) is 0 Å². The molecule has 2 aliphatic rings. The van der Waals surface area contributed by atoms with Crippen LogP contribution in [0, 0.1) is 5.92 Å². The number of hydrogen-bond donors (Lipinski definition) is 2. The molecule has 2 aliphatic heterocycles. The maximum Gasteiger partial charge on any atom is 0.236 e. The van der Waals surface area contributed by atoms with Crippen molar-refractivity contribution >= 4 is 62.1 Å². The Balaban J connectivity index is 1.61.